The van der Waals surface area contributed by atoms with Crippen LogP contribution in [-0.2, 0) is 0 Å². The molecule has 0 saturated carbocycles. The van der Waals surface area contributed by atoms with Gasteiger partial charge in [0.15, 0.2) is 0 Å². The fourth-order valence-corrected chi connectivity index (χ4v) is 1.79. The van der Waals surface area contributed by atoms with Crippen molar-refractivity contribution in [2.45, 2.75) is 20.3 Å². The zero-order valence-electron chi connectivity index (χ0n) is 7.71. The van der Waals surface area contributed by atoms with Gasteiger partial charge in [-0.25, -0.2) is 0 Å². The lowest BCUT2D eigenvalue weighted by Gasteiger charge is -2.17. The van der Waals surface area contributed by atoms with E-state index in [2.05, 4.69) is 18.7 Å². The standard InChI is InChI=1S/C9H20N2/c1-8(2)6-11-4-3-9(5-10)7-11/h8-9H,3-7,10H2,1-2H3. The van der Waals surface area contributed by atoms with Crippen LogP contribution in [0.25, 0.3) is 0 Å². The third kappa shape index (κ3) is 2.80. The van der Waals surface area contributed by atoms with Gasteiger partial charge in [0, 0.05) is 13.1 Å². The van der Waals surface area contributed by atoms with E-state index >= 15 is 0 Å². The van der Waals surface area contributed by atoms with Gasteiger partial charge in [-0.2, -0.15) is 0 Å². The zero-order valence-corrected chi connectivity index (χ0v) is 7.71. The largest absolute Gasteiger partial charge is 0.330 e. The molecule has 1 rings (SSSR count). The summed E-state index contributed by atoms with van der Waals surface area (Å²) in [6.45, 7) is 9.16. The second kappa shape index (κ2) is 4.07. The molecule has 1 unspecified atom stereocenters. The van der Waals surface area contributed by atoms with E-state index in [4.69, 9.17) is 5.73 Å². The fraction of sp³-hybridized carbons (Fsp3) is 1.00. The molecule has 2 nitrogen and oxygen atoms in total. The Labute approximate surface area is 69.8 Å². The van der Waals surface area contributed by atoms with Gasteiger partial charge in [0.2, 0.25) is 0 Å². The summed E-state index contributed by atoms with van der Waals surface area (Å²) in [5, 5.41) is 0. The minimum Gasteiger partial charge on any atom is -0.330 e. The molecule has 1 aliphatic rings. The van der Waals surface area contributed by atoms with E-state index in [0.29, 0.717) is 0 Å². The van der Waals surface area contributed by atoms with Crippen LogP contribution in [0.2, 0.25) is 0 Å². The van der Waals surface area contributed by atoms with Gasteiger partial charge in [0.1, 0.15) is 0 Å². The molecule has 0 aromatic heterocycles. The van der Waals surface area contributed by atoms with Gasteiger partial charge in [0.25, 0.3) is 0 Å². The van der Waals surface area contributed by atoms with E-state index in [0.717, 1.165) is 18.4 Å². The molecule has 1 saturated heterocycles. The van der Waals surface area contributed by atoms with Gasteiger partial charge in [-0.05, 0) is 31.3 Å². The van der Waals surface area contributed by atoms with Gasteiger partial charge in [0.05, 0.1) is 0 Å². The molecule has 1 fully saturated rings. The minimum absolute atomic E-state index is 0.772. The lowest BCUT2D eigenvalue weighted by atomic mass is 10.1. The molecule has 66 valence electrons. The molecular weight excluding hydrogens is 136 g/mol. The van der Waals surface area contributed by atoms with Crippen molar-refractivity contribution in [2.24, 2.45) is 17.6 Å². The average molecular weight is 156 g/mol. The third-order valence-corrected chi connectivity index (χ3v) is 2.33. The minimum atomic E-state index is 0.772. The van der Waals surface area contributed by atoms with Gasteiger partial charge in [-0.3, -0.25) is 0 Å². The van der Waals surface area contributed by atoms with E-state index in [-0.39, 0.29) is 0 Å². The lowest BCUT2D eigenvalue weighted by molar-refractivity contribution is 0.288. The summed E-state index contributed by atoms with van der Waals surface area (Å²) in [6, 6.07) is 0. The van der Waals surface area contributed by atoms with Crippen molar-refractivity contribution in [2.75, 3.05) is 26.2 Å². The highest BCUT2D eigenvalue weighted by atomic mass is 15.1. The maximum absolute atomic E-state index is 5.60. The molecular formula is C9H20N2. The highest BCUT2D eigenvalue weighted by Crippen LogP contribution is 2.15. The molecule has 1 heterocycles. The molecule has 0 amide bonds. The van der Waals surface area contributed by atoms with Crippen LogP contribution < -0.4 is 5.73 Å². The summed E-state index contributed by atoms with van der Waals surface area (Å²) < 4.78 is 0. The molecule has 2 N–H and O–H groups in total. The first kappa shape index (κ1) is 9.01. The Kier molecular flexibility index (Phi) is 3.34. The maximum atomic E-state index is 5.60. The van der Waals surface area contributed by atoms with Gasteiger partial charge in [-0.1, -0.05) is 13.8 Å². The highest BCUT2D eigenvalue weighted by Gasteiger charge is 2.20. The quantitative estimate of drug-likeness (QED) is 0.658. The Hall–Kier alpha value is -0.0800. The molecule has 0 aromatic carbocycles. The third-order valence-electron chi connectivity index (χ3n) is 2.33. The number of nitrogens with two attached hydrogens (primary N) is 1. The average Bonchev–Trinajstić information content (AvgIpc) is 2.34. The van der Waals surface area contributed by atoms with Crippen molar-refractivity contribution >= 4 is 0 Å². The van der Waals surface area contributed by atoms with Crippen molar-refractivity contribution in [1.29, 1.82) is 0 Å². The second-order valence-corrected chi connectivity index (χ2v) is 4.04. The van der Waals surface area contributed by atoms with Gasteiger partial charge >= 0.3 is 0 Å². The SMILES string of the molecule is CC(C)CN1CCC(CN)C1. The molecule has 0 aliphatic carbocycles. The maximum Gasteiger partial charge on any atom is 0.00223 e. The first-order chi connectivity index (χ1) is 5.22. The number of nitrogens with zero attached hydrogens (tertiary/aromatic N) is 1. The van der Waals surface area contributed by atoms with Crippen LogP contribution in [0.3, 0.4) is 0 Å². The first-order valence-electron chi connectivity index (χ1n) is 4.64. The van der Waals surface area contributed by atoms with E-state index in [9.17, 15) is 0 Å². The van der Waals surface area contributed by atoms with Crippen molar-refractivity contribution in [1.82, 2.24) is 4.90 Å². The van der Waals surface area contributed by atoms with E-state index in [1.807, 2.05) is 0 Å². The summed E-state index contributed by atoms with van der Waals surface area (Å²) in [7, 11) is 0. The molecule has 1 aliphatic heterocycles. The number of rotatable bonds is 3. The van der Waals surface area contributed by atoms with Crippen molar-refractivity contribution in [3.63, 3.8) is 0 Å². The monoisotopic (exact) mass is 156 g/mol. The Morgan fingerprint density at radius 1 is 1.55 bits per heavy atom. The summed E-state index contributed by atoms with van der Waals surface area (Å²) in [5.74, 6) is 1.57. The van der Waals surface area contributed by atoms with Crippen molar-refractivity contribution < 1.29 is 0 Å². The number of likely N-dealkylation sites (tertiary alicyclic amines) is 1. The zero-order chi connectivity index (χ0) is 8.27. The van der Waals surface area contributed by atoms with Crippen LogP contribution in [0.5, 0.6) is 0 Å². The number of hydrogen-bond acceptors (Lipinski definition) is 2. The smallest absolute Gasteiger partial charge is 0.00223 e. The molecule has 0 aromatic rings. The lowest BCUT2D eigenvalue weighted by Crippen LogP contribution is -2.26. The van der Waals surface area contributed by atoms with Crippen molar-refractivity contribution in [3.8, 4) is 0 Å². The van der Waals surface area contributed by atoms with Gasteiger partial charge in [-0.15, -0.1) is 0 Å². The molecule has 1 atom stereocenters. The van der Waals surface area contributed by atoms with E-state index in [1.54, 1.807) is 0 Å². The van der Waals surface area contributed by atoms with Crippen molar-refractivity contribution in [3.05, 3.63) is 0 Å². The highest BCUT2D eigenvalue weighted by molar-refractivity contribution is 4.76. The van der Waals surface area contributed by atoms with Crippen LogP contribution in [-0.4, -0.2) is 31.1 Å². The Morgan fingerprint density at radius 2 is 2.27 bits per heavy atom. The Bertz CT molecular complexity index is 112. The van der Waals surface area contributed by atoms with E-state index in [1.165, 1.54) is 26.1 Å². The summed E-state index contributed by atoms with van der Waals surface area (Å²) in [5.41, 5.74) is 5.60. The summed E-state index contributed by atoms with van der Waals surface area (Å²) in [6.07, 6.45) is 1.31. The van der Waals surface area contributed by atoms with Crippen LogP contribution in [0.15, 0.2) is 0 Å². The molecule has 0 spiro atoms. The van der Waals surface area contributed by atoms with Gasteiger partial charge < -0.3 is 10.6 Å². The summed E-state index contributed by atoms with van der Waals surface area (Å²) >= 11 is 0. The Balaban J connectivity index is 2.19. The predicted molar refractivity (Wildman–Crippen MR) is 48.4 cm³/mol. The van der Waals surface area contributed by atoms with Crippen LogP contribution in [0, 0.1) is 11.8 Å². The fourth-order valence-electron chi connectivity index (χ4n) is 1.79. The molecule has 11 heavy (non-hydrogen) atoms. The molecule has 2 heteroatoms. The molecule has 0 radical (unpaired) electrons. The first-order valence-corrected chi connectivity index (χ1v) is 4.64. The second-order valence-electron chi connectivity index (χ2n) is 4.04. The summed E-state index contributed by atoms with van der Waals surface area (Å²) in [4.78, 5) is 2.53. The van der Waals surface area contributed by atoms with E-state index < -0.39 is 0 Å². The van der Waals surface area contributed by atoms with Crippen LogP contribution in [0.4, 0.5) is 0 Å². The normalized spacial score (nSPS) is 26.7. The topological polar surface area (TPSA) is 29.3 Å². The van der Waals surface area contributed by atoms with Crippen LogP contribution in [0.1, 0.15) is 20.3 Å². The number of hydrogen-bond donors (Lipinski definition) is 1. The molecule has 0 bridgehead atoms. The van der Waals surface area contributed by atoms with Crippen LogP contribution >= 0.6 is 0 Å². The predicted octanol–water partition coefficient (Wildman–Crippen LogP) is 0.923. The Morgan fingerprint density at radius 3 is 2.73 bits per heavy atom.